The van der Waals surface area contributed by atoms with Crippen LogP contribution in [-0.2, 0) is 0 Å². The molecule has 2 heterocycles. The van der Waals surface area contributed by atoms with Crippen LogP contribution in [0.1, 0.15) is 13.8 Å². The second-order valence-electron chi connectivity index (χ2n) is 5.12. The lowest BCUT2D eigenvalue weighted by molar-refractivity contribution is 0.579. The van der Waals surface area contributed by atoms with Crippen molar-refractivity contribution in [2.45, 2.75) is 19.4 Å². The number of piperazine rings is 1. The first kappa shape index (κ1) is 13.5. The molecule has 1 aromatic rings. The van der Waals surface area contributed by atoms with Crippen molar-refractivity contribution in [2.75, 3.05) is 41.7 Å². The van der Waals surface area contributed by atoms with E-state index in [1.165, 1.54) is 0 Å². The van der Waals surface area contributed by atoms with Gasteiger partial charge >= 0.3 is 0 Å². The average Bonchev–Trinajstić information content (AvgIpc) is 2.40. The van der Waals surface area contributed by atoms with E-state index in [4.69, 9.17) is 0 Å². The first-order valence-electron chi connectivity index (χ1n) is 6.24. The van der Waals surface area contributed by atoms with Gasteiger partial charge in [-0.2, -0.15) is 4.98 Å². The highest BCUT2D eigenvalue weighted by Crippen LogP contribution is 2.17. The number of hydrogen-bond acceptors (Lipinski definition) is 5. The molecule has 0 amide bonds. The van der Waals surface area contributed by atoms with Crippen LogP contribution in [0.25, 0.3) is 0 Å². The maximum atomic E-state index is 4.58. The van der Waals surface area contributed by atoms with Crippen LogP contribution in [0.4, 0.5) is 11.8 Å². The lowest BCUT2D eigenvalue weighted by atomic mass is 10.1. The van der Waals surface area contributed by atoms with Gasteiger partial charge in [0.2, 0.25) is 5.95 Å². The summed E-state index contributed by atoms with van der Waals surface area (Å²) in [6.45, 7) is 8.18. The molecular weight excluding hydrogens is 294 g/mol. The third-order valence-electron chi connectivity index (χ3n) is 2.84. The number of halogens is 1. The van der Waals surface area contributed by atoms with Gasteiger partial charge in [0.1, 0.15) is 5.82 Å². The van der Waals surface area contributed by atoms with E-state index in [0.29, 0.717) is 0 Å². The summed E-state index contributed by atoms with van der Waals surface area (Å²) in [7, 11) is 0. The summed E-state index contributed by atoms with van der Waals surface area (Å²) in [6, 6.07) is 1.91. The minimum absolute atomic E-state index is 0.0188. The minimum atomic E-state index is -0.0188. The normalized spacial score (nSPS) is 16.7. The van der Waals surface area contributed by atoms with E-state index in [-0.39, 0.29) is 5.54 Å². The van der Waals surface area contributed by atoms with E-state index >= 15 is 0 Å². The molecule has 2 N–H and O–H groups in total. The molecule has 1 aromatic heterocycles. The molecule has 1 aliphatic heterocycles. The van der Waals surface area contributed by atoms with Gasteiger partial charge in [-0.3, -0.25) is 0 Å². The summed E-state index contributed by atoms with van der Waals surface area (Å²) in [5.41, 5.74) is -0.0188. The Labute approximate surface area is 117 Å². The number of nitrogens with zero attached hydrogens (tertiary/aromatic N) is 3. The number of aromatic nitrogens is 2. The zero-order valence-corrected chi connectivity index (χ0v) is 12.5. The van der Waals surface area contributed by atoms with Gasteiger partial charge in [-0.05, 0) is 19.9 Å². The second kappa shape index (κ2) is 5.84. The summed E-state index contributed by atoms with van der Waals surface area (Å²) in [6.07, 6.45) is 1.82. The monoisotopic (exact) mass is 313 g/mol. The van der Waals surface area contributed by atoms with E-state index in [2.05, 4.69) is 55.3 Å². The van der Waals surface area contributed by atoms with Crippen molar-refractivity contribution in [2.24, 2.45) is 0 Å². The molecule has 5 nitrogen and oxygen atoms in total. The molecule has 0 aromatic carbocycles. The van der Waals surface area contributed by atoms with Crippen LogP contribution < -0.4 is 15.5 Å². The van der Waals surface area contributed by atoms with Crippen molar-refractivity contribution in [1.29, 1.82) is 0 Å². The van der Waals surface area contributed by atoms with E-state index in [1.54, 1.807) is 0 Å². The van der Waals surface area contributed by atoms with Crippen LogP contribution >= 0.6 is 15.9 Å². The lowest BCUT2D eigenvalue weighted by Gasteiger charge is -2.28. The first-order valence-corrected chi connectivity index (χ1v) is 7.36. The van der Waals surface area contributed by atoms with Gasteiger partial charge in [0, 0.05) is 43.2 Å². The molecular formula is C12H20BrN5. The summed E-state index contributed by atoms with van der Waals surface area (Å²) in [5.74, 6) is 1.69. The van der Waals surface area contributed by atoms with Crippen LogP contribution in [0.2, 0.25) is 0 Å². The Morgan fingerprint density at radius 2 is 2.17 bits per heavy atom. The summed E-state index contributed by atoms with van der Waals surface area (Å²) in [4.78, 5) is 11.2. The molecule has 2 rings (SSSR count). The average molecular weight is 314 g/mol. The van der Waals surface area contributed by atoms with Crippen molar-refractivity contribution in [3.05, 3.63) is 12.3 Å². The SMILES string of the molecule is CC(C)(CBr)Nc1ccnc(N2CCNCC2)n1. The quantitative estimate of drug-likeness (QED) is 0.825. The fraction of sp³-hybridized carbons (Fsp3) is 0.667. The number of hydrogen-bond donors (Lipinski definition) is 2. The molecule has 1 fully saturated rings. The molecule has 0 spiro atoms. The Morgan fingerprint density at radius 1 is 1.44 bits per heavy atom. The number of anilines is 2. The van der Waals surface area contributed by atoms with Gasteiger partial charge in [-0.25, -0.2) is 4.98 Å². The molecule has 6 heteroatoms. The largest absolute Gasteiger partial charge is 0.364 e. The van der Waals surface area contributed by atoms with Gasteiger partial charge in [0.15, 0.2) is 0 Å². The molecule has 0 saturated carbocycles. The van der Waals surface area contributed by atoms with E-state index in [1.807, 2.05) is 12.3 Å². The Balaban J connectivity index is 2.09. The number of alkyl halides is 1. The summed E-state index contributed by atoms with van der Waals surface area (Å²) < 4.78 is 0. The fourth-order valence-electron chi connectivity index (χ4n) is 1.82. The van der Waals surface area contributed by atoms with Crippen molar-refractivity contribution >= 4 is 27.7 Å². The highest BCUT2D eigenvalue weighted by atomic mass is 79.9. The lowest BCUT2D eigenvalue weighted by Crippen LogP contribution is -2.44. The molecule has 1 saturated heterocycles. The second-order valence-corrected chi connectivity index (χ2v) is 5.68. The molecule has 1 aliphatic rings. The third-order valence-corrected chi connectivity index (χ3v) is 4.25. The van der Waals surface area contributed by atoms with Crippen molar-refractivity contribution in [1.82, 2.24) is 15.3 Å². The predicted molar refractivity (Wildman–Crippen MR) is 78.6 cm³/mol. The van der Waals surface area contributed by atoms with Crippen LogP contribution in [0.5, 0.6) is 0 Å². The maximum Gasteiger partial charge on any atom is 0.227 e. The zero-order chi connectivity index (χ0) is 13.0. The summed E-state index contributed by atoms with van der Waals surface area (Å²) >= 11 is 3.50. The van der Waals surface area contributed by atoms with Gasteiger partial charge in [0.25, 0.3) is 0 Å². The Morgan fingerprint density at radius 3 is 2.83 bits per heavy atom. The molecule has 0 aliphatic carbocycles. The summed E-state index contributed by atoms with van der Waals surface area (Å²) in [5, 5.41) is 7.60. The van der Waals surface area contributed by atoms with Gasteiger partial charge in [-0.15, -0.1) is 0 Å². The van der Waals surface area contributed by atoms with Gasteiger partial charge in [0.05, 0.1) is 0 Å². The van der Waals surface area contributed by atoms with Crippen LogP contribution in [0.3, 0.4) is 0 Å². The number of rotatable bonds is 4. The van der Waals surface area contributed by atoms with Crippen molar-refractivity contribution in [3.63, 3.8) is 0 Å². The van der Waals surface area contributed by atoms with Crippen LogP contribution in [-0.4, -0.2) is 47.0 Å². The van der Waals surface area contributed by atoms with Crippen LogP contribution in [0.15, 0.2) is 12.3 Å². The van der Waals surface area contributed by atoms with E-state index in [9.17, 15) is 0 Å². The predicted octanol–water partition coefficient (Wildman–Crippen LogP) is 1.47. The first-order chi connectivity index (χ1) is 8.61. The van der Waals surface area contributed by atoms with Crippen molar-refractivity contribution < 1.29 is 0 Å². The fourth-order valence-corrected chi connectivity index (χ4v) is 1.96. The minimum Gasteiger partial charge on any atom is -0.364 e. The van der Waals surface area contributed by atoms with Crippen LogP contribution in [0, 0.1) is 0 Å². The Hall–Kier alpha value is -0.880. The molecule has 0 bridgehead atoms. The molecule has 0 unspecified atom stereocenters. The maximum absolute atomic E-state index is 4.58. The van der Waals surface area contributed by atoms with Gasteiger partial charge in [-0.1, -0.05) is 15.9 Å². The highest BCUT2D eigenvalue weighted by molar-refractivity contribution is 9.09. The Kier molecular flexibility index (Phi) is 4.40. The van der Waals surface area contributed by atoms with E-state index < -0.39 is 0 Å². The smallest absolute Gasteiger partial charge is 0.227 e. The molecule has 100 valence electrons. The third kappa shape index (κ3) is 3.55. The number of nitrogens with one attached hydrogen (secondary N) is 2. The van der Waals surface area contributed by atoms with Gasteiger partial charge < -0.3 is 15.5 Å². The molecule has 0 radical (unpaired) electrons. The zero-order valence-electron chi connectivity index (χ0n) is 10.9. The highest BCUT2D eigenvalue weighted by Gasteiger charge is 2.18. The van der Waals surface area contributed by atoms with E-state index in [0.717, 1.165) is 43.3 Å². The molecule has 18 heavy (non-hydrogen) atoms. The Bertz CT molecular complexity index is 390. The van der Waals surface area contributed by atoms with Crippen molar-refractivity contribution in [3.8, 4) is 0 Å². The molecule has 0 atom stereocenters. The topological polar surface area (TPSA) is 53.1 Å². The standard InChI is InChI=1S/C12H20BrN5/c1-12(2,9-13)17-10-3-4-15-11(16-10)18-7-5-14-6-8-18/h3-4,14H,5-9H2,1-2H3,(H,15,16,17).